The fourth-order valence-electron chi connectivity index (χ4n) is 0. The normalized spacial score (nSPS) is 4.14. The largest absolute Gasteiger partial charge is 0.385 e. The van der Waals surface area contributed by atoms with Gasteiger partial charge in [0, 0.05) is 17.1 Å². The molecule has 0 bridgehead atoms. The second kappa shape index (κ2) is 16.1. The van der Waals surface area contributed by atoms with Gasteiger partial charge in [0.2, 0.25) is 0 Å². The molecule has 0 aliphatic rings. The molecule has 0 aliphatic heterocycles. The fraction of sp³-hybridized carbons (Fsp3) is 0. The molecule has 44 valence electrons. The van der Waals surface area contributed by atoms with Gasteiger partial charge < -0.3 is 5.73 Å². The summed E-state index contributed by atoms with van der Waals surface area (Å²) in [6.45, 7) is 6.00. The fourth-order valence-corrected chi connectivity index (χ4v) is 0. The average molecular weight is 177 g/mol. The summed E-state index contributed by atoms with van der Waals surface area (Å²) in [5, 5.41) is 0. The van der Waals surface area contributed by atoms with Crippen molar-refractivity contribution >= 4 is 29.2 Å². The van der Waals surface area contributed by atoms with Gasteiger partial charge in [-0.2, -0.15) is 0 Å². The molecule has 0 spiro atoms. The van der Waals surface area contributed by atoms with Crippen molar-refractivity contribution < 1.29 is 17.1 Å². The van der Waals surface area contributed by atoms with Crippen molar-refractivity contribution in [3.05, 3.63) is 13.2 Å². The van der Waals surface area contributed by atoms with Crippen molar-refractivity contribution in [2.24, 2.45) is 5.73 Å². The Balaban J connectivity index is -0.0000000480. The molecule has 0 fully saturated rings. The quantitative estimate of drug-likeness (QED) is 0.249. The van der Waals surface area contributed by atoms with Crippen LogP contribution in [0, 0.1) is 0 Å². The number of thiol groups is 1. The molecule has 0 unspecified atom stereocenters. The molecular weight excluding hydrogens is 170 g/mol. The molecule has 0 atom stereocenters. The van der Waals surface area contributed by atoms with E-state index in [-0.39, 0.29) is 21.4 Å². The SMILES string of the molecule is C=C.NC(=S)S.[Fe]. The zero-order valence-electron chi connectivity index (χ0n) is 3.70. The summed E-state index contributed by atoms with van der Waals surface area (Å²) < 4.78 is 0.194. The van der Waals surface area contributed by atoms with Crippen LogP contribution in [0.2, 0.25) is 0 Å². The van der Waals surface area contributed by atoms with E-state index in [0.29, 0.717) is 0 Å². The molecule has 0 radical (unpaired) electrons. The van der Waals surface area contributed by atoms with E-state index >= 15 is 0 Å². The Labute approximate surface area is 65.2 Å². The predicted molar refractivity (Wildman–Crippen MR) is 37.0 cm³/mol. The number of thiocarbonyl (C=S) groups is 1. The Hall–Kier alpha value is 0.499. The average Bonchev–Trinajstić information content (AvgIpc) is 1.41. The van der Waals surface area contributed by atoms with Gasteiger partial charge in [-0.3, -0.25) is 0 Å². The molecule has 0 saturated heterocycles. The minimum Gasteiger partial charge on any atom is -0.385 e. The first kappa shape index (κ1) is 15.6. The van der Waals surface area contributed by atoms with E-state index in [1.54, 1.807) is 0 Å². The summed E-state index contributed by atoms with van der Waals surface area (Å²) >= 11 is 7.65. The second-order valence-electron chi connectivity index (χ2n) is 0.338. The third-order valence-corrected chi connectivity index (χ3v) is 0. The number of hydrogen-bond acceptors (Lipinski definition) is 1. The van der Waals surface area contributed by atoms with Crippen LogP contribution in [0.1, 0.15) is 0 Å². The van der Waals surface area contributed by atoms with E-state index in [1.165, 1.54) is 0 Å². The van der Waals surface area contributed by atoms with Crippen LogP contribution in [0.25, 0.3) is 0 Å². The van der Waals surface area contributed by atoms with E-state index in [9.17, 15) is 0 Å². The Morgan fingerprint density at radius 1 is 1.57 bits per heavy atom. The van der Waals surface area contributed by atoms with Gasteiger partial charge in [0.15, 0.2) is 0 Å². The molecular formula is C3H7FeNS2. The third kappa shape index (κ3) is 527. The minimum atomic E-state index is 0. The van der Waals surface area contributed by atoms with Gasteiger partial charge in [-0.15, -0.1) is 25.8 Å². The summed E-state index contributed by atoms with van der Waals surface area (Å²) in [5.74, 6) is 0. The topological polar surface area (TPSA) is 26.0 Å². The monoisotopic (exact) mass is 177 g/mol. The molecule has 0 aromatic rings. The van der Waals surface area contributed by atoms with Crippen LogP contribution in [-0.2, 0) is 17.1 Å². The second-order valence-corrected chi connectivity index (χ2v) is 1.56. The Kier molecular flexibility index (Phi) is 35.9. The first-order chi connectivity index (χ1) is 2.73. The van der Waals surface area contributed by atoms with Gasteiger partial charge in [-0.05, 0) is 0 Å². The van der Waals surface area contributed by atoms with Crippen LogP contribution in [0.3, 0.4) is 0 Å². The van der Waals surface area contributed by atoms with Gasteiger partial charge in [-0.1, -0.05) is 12.2 Å². The van der Waals surface area contributed by atoms with Gasteiger partial charge in [0.25, 0.3) is 0 Å². The molecule has 2 N–H and O–H groups in total. The summed E-state index contributed by atoms with van der Waals surface area (Å²) in [7, 11) is 0. The Bertz CT molecular complexity index is 44.2. The van der Waals surface area contributed by atoms with Crippen molar-refractivity contribution in [3.63, 3.8) is 0 Å². The van der Waals surface area contributed by atoms with E-state index < -0.39 is 0 Å². The van der Waals surface area contributed by atoms with Crippen LogP contribution < -0.4 is 5.73 Å². The van der Waals surface area contributed by atoms with Gasteiger partial charge in [0.1, 0.15) is 4.32 Å². The van der Waals surface area contributed by atoms with Gasteiger partial charge in [0.05, 0.1) is 0 Å². The first-order valence-corrected chi connectivity index (χ1v) is 2.07. The molecule has 0 aromatic heterocycles. The van der Waals surface area contributed by atoms with Crippen molar-refractivity contribution in [1.29, 1.82) is 0 Å². The molecule has 0 saturated carbocycles. The van der Waals surface area contributed by atoms with E-state index in [4.69, 9.17) is 5.73 Å². The van der Waals surface area contributed by atoms with Crippen LogP contribution in [0.4, 0.5) is 0 Å². The number of hydrogen-bond donors (Lipinski definition) is 2. The van der Waals surface area contributed by atoms with Crippen molar-refractivity contribution in [1.82, 2.24) is 0 Å². The molecule has 4 heteroatoms. The molecule has 0 rings (SSSR count). The maximum Gasteiger partial charge on any atom is 0.128 e. The maximum atomic E-state index is 4.71. The standard InChI is InChI=1S/C2H4.CH3NS2.Fe/c1-2;2-1(3)4;/h1-2H2;(H3,2,3,4);. The molecule has 0 aromatic carbocycles. The summed E-state index contributed by atoms with van der Waals surface area (Å²) in [5.41, 5.74) is 4.71. The maximum absolute atomic E-state index is 4.71. The molecule has 1 nitrogen and oxygen atoms in total. The number of rotatable bonds is 0. The van der Waals surface area contributed by atoms with E-state index in [1.807, 2.05) is 0 Å². The number of nitrogens with two attached hydrogens (primary N) is 1. The molecule has 7 heavy (non-hydrogen) atoms. The van der Waals surface area contributed by atoms with Crippen LogP contribution in [0.5, 0.6) is 0 Å². The predicted octanol–water partition coefficient (Wildman–Crippen LogP) is 0.960. The summed E-state index contributed by atoms with van der Waals surface area (Å²) in [6.07, 6.45) is 0. The van der Waals surface area contributed by atoms with Crippen LogP contribution >= 0.6 is 24.8 Å². The Morgan fingerprint density at radius 2 is 1.57 bits per heavy atom. The summed E-state index contributed by atoms with van der Waals surface area (Å²) in [6, 6.07) is 0. The van der Waals surface area contributed by atoms with E-state index in [0.717, 1.165) is 0 Å². The zero-order chi connectivity index (χ0) is 5.58. The van der Waals surface area contributed by atoms with Crippen LogP contribution in [-0.4, -0.2) is 4.32 Å². The van der Waals surface area contributed by atoms with Crippen molar-refractivity contribution in [3.8, 4) is 0 Å². The van der Waals surface area contributed by atoms with E-state index in [2.05, 4.69) is 38.0 Å². The van der Waals surface area contributed by atoms with Gasteiger partial charge in [-0.25, -0.2) is 0 Å². The van der Waals surface area contributed by atoms with Crippen molar-refractivity contribution in [2.45, 2.75) is 0 Å². The molecule has 0 heterocycles. The smallest absolute Gasteiger partial charge is 0.128 e. The summed E-state index contributed by atoms with van der Waals surface area (Å²) in [4.78, 5) is 0. The van der Waals surface area contributed by atoms with Crippen LogP contribution in [0.15, 0.2) is 13.2 Å². The zero-order valence-corrected chi connectivity index (χ0v) is 6.52. The molecule has 0 aliphatic carbocycles. The first-order valence-electron chi connectivity index (χ1n) is 1.22. The molecule has 0 amide bonds. The minimum absolute atomic E-state index is 0. The third-order valence-electron chi connectivity index (χ3n) is 0. The Morgan fingerprint density at radius 3 is 1.57 bits per heavy atom. The van der Waals surface area contributed by atoms with Crippen molar-refractivity contribution in [2.75, 3.05) is 0 Å². The van der Waals surface area contributed by atoms with Gasteiger partial charge >= 0.3 is 0 Å².